The van der Waals surface area contributed by atoms with Gasteiger partial charge in [-0.3, -0.25) is 19.8 Å². The molecule has 0 radical (unpaired) electrons. The number of halogens is 1. The summed E-state index contributed by atoms with van der Waals surface area (Å²) in [5.74, 6) is -1.64. The first-order chi connectivity index (χ1) is 31.5. The summed E-state index contributed by atoms with van der Waals surface area (Å²) in [6.07, 6.45) is -1.26. The maximum atomic E-state index is 15.4. The minimum absolute atomic E-state index is 0.114. The summed E-state index contributed by atoms with van der Waals surface area (Å²) in [5, 5.41) is 12.8. The number of carbonyl (C=O) groups is 4. The number of benzene rings is 6. The van der Waals surface area contributed by atoms with E-state index in [0.717, 1.165) is 38.6 Å². The van der Waals surface area contributed by atoms with Gasteiger partial charge in [-0.1, -0.05) is 157 Å². The first-order valence-corrected chi connectivity index (χ1v) is 22.2. The number of likely N-dealkylation sites (N-methyl/N-ethyl adjacent to an activating group) is 1. The van der Waals surface area contributed by atoms with Crippen LogP contribution in [0.1, 0.15) is 55.0 Å². The largest absolute Gasteiger partial charge is 0.351 e. The van der Waals surface area contributed by atoms with E-state index in [9.17, 15) is 14.4 Å². The summed E-state index contributed by atoms with van der Waals surface area (Å²) >= 11 is 6.01. The Morgan fingerprint density at radius 1 is 0.677 bits per heavy atom. The molecule has 4 N–H and O–H groups in total. The van der Waals surface area contributed by atoms with E-state index in [-0.39, 0.29) is 19.6 Å². The average molecular weight is 898 g/mol. The lowest BCUT2D eigenvalue weighted by molar-refractivity contribution is -0.180. The number of fused-ring (bicyclic) bond motifs is 1. The molecule has 0 fully saturated rings. The second kappa shape index (κ2) is 23.4. The minimum atomic E-state index is -1.38. The number of hydrazine groups is 1. The molecule has 0 saturated heterocycles. The van der Waals surface area contributed by atoms with Gasteiger partial charge in [-0.25, -0.2) is 9.80 Å². The summed E-state index contributed by atoms with van der Waals surface area (Å²) in [6, 6.07) is 47.2. The van der Waals surface area contributed by atoms with Crippen molar-refractivity contribution in [2.24, 2.45) is 0 Å². The van der Waals surface area contributed by atoms with E-state index in [1.807, 2.05) is 154 Å². The molecule has 0 aliphatic heterocycles. The van der Waals surface area contributed by atoms with E-state index in [1.54, 1.807) is 29.2 Å². The Morgan fingerprint density at radius 3 is 1.78 bits per heavy atom. The molecule has 12 nitrogen and oxygen atoms in total. The highest BCUT2D eigenvalue weighted by molar-refractivity contribution is 6.30. The number of carbonyl (C=O) groups excluding carboxylic acids is 4. The van der Waals surface area contributed by atoms with Crippen LogP contribution >= 0.6 is 11.6 Å². The zero-order valence-corrected chi connectivity index (χ0v) is 38.0. The summed E-state index contributed by atoms with van der Waals surface area (Å²) in [6.45, 7) is 6.17. The lowest BCUT2D eigenvalue weighted by atomic mass is 9.77. The Labute approximate surface area is 386 Å². The topological polar surface area (TPSA) is 141 Å². The SMILES string of the molecule is CCOC(OCC)[C@H](C)N(Cc1cccc2ccccc12)C(=O)[C@H](CC(=O)NC(c1ccccc1)(c1ccccc1)c1ccccc1)NC(=O)CN(C)NC(=O)NCc1ccc(Cl)cc1. The van der Waals surface area contributed by atoms with Gasteiger partial charge in [0.05, 0.1) is 19.0 Å². The van der Waals surface area contributed by atoms with Crippen molar-refractivity contribution in [3.05, 3.63) is 191 Å². The van der Waals surface area contributed by atoms with E-state index in [2.05, 4.69) is 21.4 Å². The van der Waals surface area contributed by atoms with Crippen LogP contribution in [-0.2, 0) is 42.5 Å². The molecule has 0 aromatic heterocycles. The Bertz CT molecular complexity index is 2370. The molecular formula is C52H57ClN6O6. The lowest BCUT2D eigenvalue weighted by Crippen LogP contribution is -2.58. The van der Waals surface area contributed by atoms with Gasteiger partial charge in [0.2, 0.25) is 17.7 Å². The number of urea groups is 1. The van der Waals surface area contributed by atoms with E-state index >= 15 is 4.79 Å². The maximum absolute atomic E-state index is 15.4. The standard InChI is InChI=1S/C52H57ClN6O6/c1-5-64-50(65-6-2)37(3)59(35-40-21-18-20-39-19-16-17-28-45(39)40)49(62)46(55-48(61)36-58(4)57-51(63)54-34-38-29-31-44(53)32-30-38)33-47(60)56-52(41-22-10-7-11-23-41,42-24-12-8-13-25-42)43-26-14-9-15-27-43/h7-32,37,46,50H,5-6,33-36H2,1-4H3,(H,55,61)(H,56,60)(H2,54,57,63)/t37-,46-/m0/s1. The van der Waals surface area contributed by atoms with E-state index in [1.165, 1.54) is 12.1 Å². The zero-order valence-electron chi connectivity index (χ0n) is 37.2. The molecule has 6 aromatic rings. The van der Waals surface area contributed by atoms with Crippen LogP contribution in [0.4, 0.5) is 4.79 Å². The molecule has 338 valence electrons. The fraction of sp³-hybridized carbons (Fsp3) is 0.269. The molecular weight excluding hydrogens is 840 g/mol. The van der Waals surface area contributed by atoms with Crippen molar-refractivity contribution >= 4 is 46.1 Å². The molecule has 0 heterocycles. The Balaban J connectivity index is 1.34. The third-order valence-corrected chi connectivity index (χ3v) is 11.3. The number of hydrogen-bond acceptors (Lipinski definition) is 7. The van der Waals surface area contributed by atoms with Crippen molar-refractivity contribution < 1.29 is 28.7 Å². The summed E-state index contributed by atoms with van der Waals surface area (Å²) < 4.78 is 12.1. The number of amides is 5. The van der Waals surface area contributed by atoms with Crippen molar-refractivity contribution in [3.8, 4) is 0 Å². The lowest BCUT2D eigenvalue weighted by Gasteiger charge is -2.38. The molecule has 0 bridgehead atoms. The van der Waals surface area contributed by atoms with Crippen molar-refractivity contribution in [2.75, 3.05) is 26.8 Å². The van der Waals surface area contributed by atoms with Gasteiger partial charge >= 0.3 is 6.03 Å². The smallest absolute Gasteiger partial charge is 0.329 e. The third-order valence-electron chi connectivity index (χ3n) is 11.1. The monoisotopic (exact) mass is 896 g/mol. The van der Waals surface area contributed by atoms with Crippen molar-refractivity contribution in [1.82, 2.24) is 31.3 Å². The van der Waals surface area contributed by atoms with Gasteiger partial charge in [0.15, 0.2) is 6.29 Å². The molecule has 13 heteroatoms. The Hall–Kier alpha value is -6.57. The summed E-state index contributed by atoms with van der Waals surface area (Å²) in [7, 11) is 1.53. The van der Waals surface area contributed by atoms with Gasteiger partial charge in [0.1, 0.15) is 11.6 Å². The second-order valence-electron chi connectivity index (χ2n) is 15.6. The predicted molar refractivity (Wildman–Crippen MR) is 254 cm³/mol. The normalized spacial score (nSPS) is 12.4. The molecule has 2 atom stereocenters. The van der Waals surface area contributed by atoms with Crippen LogP contribution in [0.5, 0.6) is 0 Å². The van der Waals surface area contributed by atoms with E-state index < -0.39 is 54.1 Å². The van der Waals surface area contributed by atoms with E-state index in [4.69, 9.17) is 21.1 Å². The maximum Gasteiger partial charge on any atom is 0.329 e. The molecule has 5 amide bonds. The Kier molecular flexibility index (Phi) is 17.2. The number of nitrogens with zero attached hydrogens (tertiary/aromatic N) is 2. The predicted octanol–water partition coefficient (Wildman–Crippen LogP) is 7.94. The van der Waals surface area contributed by atoms with Crippen molar-refractivity contribution in [2.45, 2.75) is 64.2 Å². The molecule has 6 aromatic carbocycles. The Morgan fingerprint density at radius 2 is 1.22 bits per heavy atom. The third kappa shape index (κ3) is 12.6. The van der Waals surface area contributed by atoms with Crippen LogP contribution in [0, 0.1) is 0 Å². The fourth-order valence-electron chi connectivity index (χ4n) is 7.96. The van der Waals surface area contributed by atoms with Gasteiger partial charge in [-0.05, 0) is 71.5 Å². The summed E-state index contributed by atoms with van der Waals surface area (Å²) in [4.78, 5) is 58.9. The number of nitrogens with one attached hydrogen (secondary N) is 4. The van der Waals surface area contributed by atoms with Gasteiger partial charge in [-0.15, -0.1) is 0 Å². The first-order valence-electron chi connectivity index (χ1n) is 21.8. The van der Waals surface area contributed by atoms with E-state index in [0.29, 0.717) is 18.2 Å². The van der Waals surface area contributed by atoms with Crippen LogP contribution in [0.25, 0.3) is 10.8 Å². The number of ether oxygens (including phenoxy) is 2. The summed E-state index contributed by atoms with van der Waals surface area (Å²) in [5.41, 5.74) is 5.53. The van der Waals surface area contributed by atoms with Crippen molar-refractivity contribution in [1.29, 1.82) is 0 Å². The first kappa shape index (κ1) is 47.9. The fourth-order valence-corrected chi connectivity index (χ4v) is 8.08. The molecule has 0 spiro atoms. The number of rotatable bonds is 21. The highest BCUT2D eigenvalue weighted by Crippen LogP contribution is 2.37. The van der Waals surface area contributed by atoms with Crippen LogP contribution in [0.15, 0.2) is 158 Å². The number of hydrogen-bond donors (Lipinski definition) is 4. The average Bonchev–Trinajstić information content (AvgIpc) is 3.32. The second-order valence-corrected chi connectivity index (χ2v) is 16.1. The van der Waals surface area contributed by atoms with Crippen LogP contribution < -0.4 is 21.4 Å². The van der Waals surface area contributed by atoms with Crippen LogP contribution in [0.3, 0.4) is 0 Å². The quantitative estimate of drug-likeness (QED) is 0.0327. The van der Waals surface area contributed by atoms with Gasteiger partial charge in [0.25, 0.3) is 0 Å². The van der Waals surface area contributed by atoms with Gasteiger partial charge < -0.3 is 30.3 Å². The van der Waals surface area contributed by atoms with Gasteiger partial charge in [-0.2, -0.15) is 0 Å². The van der Waals surface area contributed by atoms with Gasteiger partial charge in [0, 0.05) is 38.4 Å². The molecule has 0 unspecified atom stereocenters. The molecule has 0 saturated carbocycles. The highest BCUT2D eigenvalue weighted by Gasteiger charge is 2.40. The zero-order chi connectivity index (χ0) is 46.2. The van der Waals surface area contributed by atoms with Crippen LogP contribution in [0.2, 0.25) is 5.02 Å². The molecule has 0 aliphatic rings. The highest BCUT2D eigenvalue weighted by atomic mass is 35.5. The molecule has 65 heavy (non-hydrogen) atoms. The van der Waals surface area contributed by atoms with Crippen LogP contribution in [-0.4, -0.2) is 78.8 Å². The molecule has 0 aliphatic carbocycles. The minimum Gasteiger partial charge on any atom is -0.351 e. The molecule has 6 rings (SSSR count). The van der Waals surface area contributed by atoms with Crippen molar-refractivity contribution in [3.63, 3.8) is 0 Å².